The van der Waals surface area contributed by atoms with Crippen molar-refractivity contribution >= 4 is 5.69 Å². The number of nitrogens with zero attached hydrogens (tertiary/aromatic N) is 2. The lowest BCUT2D eigenvalue weighted by Gasteiger charge is -2.40. The normalized spacial score (nSPS) is 23.8. The minimum absolute atomic E-state index is 0.0130. The summed E-state index contributed by atoms with van der Waals surface area (Å²) in [5.41, 5.74) is 2.48. The van der Waals surface area contributed by atoms with Crippen LogP contribution in [0.3, 0.4) is 0 Å². The highest BCUT2D eigenvalue weighted by atomic mass is 16.3. The molecule has 0 aromatic heterocycles. The van der Waals surface area contributed by atoms with Crippen molar-refractivity contribution in [3.05, 3.63) is 29.3 Å². The van der Waals surface area contributed by atoms with Gasteiger partial charge in [-0.2, -0.15) is 5.26 Å². The molecular weight excluding hydrogens is 224 g/mol. The molecule has 0 spiro atoms. The highest BCUT2D eigenvalue weighted by molar-refractivity contribution is 5.61. The highest BCUT2D eigenvalue weighted by Gasteiger charge is 2.26. The summed E-state index contributed by atoms with van der Waals surface area (Å²) < 4.78 is 0. The molecule has 2 atom stereocenters. The third kappa shape index (κ3) is 2.34. The zero-order valence-electron chi connectivity index (χ0n) is 11.1. The van der Waals surface area contributed by atoms with Gasteiger partial charge < -0.3 is 10.0 Å². The third-order valence-electron chi connectivity index (χ3n) is 4.05. The van der Waals surface area contributed by atoms with E-state index in [-0.39, 0.29) is 6.61 Å². The standard InChI is InChI=1S/C15H20N2O/c1-11-4-3-7-17(12(11)2)15-6-5-13(10-18)8-14(15)9-16/h5-6,8,11-12,18H,3-4,7,10H2,1-2H3. The van der Waals surface area contributed by atoms with Gasteiger partial charge in [0.05, 0.1) is 17.9 Å². The van der Waals surface area contributed by atoms with E-state index in [1.165, 1.54) is 12.8 Å². The molecule has 0 amide bonds. The molecule has 1 aromatic rings. The van der Waals surface area contributed by atoms with E-state index in [1.54, 1.807) is 6.07 Å². The van der Waals surface area contributed by atoms with Gasteiger partial charge in [0.25, 0.3) is 0 Å². The Kier molecular flexibility index (Phi) is 3.88. The van der Waals surface area contributed by atoms with Gasteiger partial charge in [0.15, 0.2) is 0 Å². The minimum atomic E-state index is -0.0130. The molecule has 1 heterocycles. The van der Waals surface area contributed by atoms with Crippen molar-refractivity contribution in [3.8, 4) is 6.07 Å². The quantitative estimate of drug-likeness (QED) is 0.870. The second kappa shape index (κ2) is 5.41. The maximum atomic E-state index is 9.26. The van der Waals surface area contributed by atoms with Crippen molar-refractivity contribution < 1.29 is 5.11 Å². The first-order chi connectivity index (χ1) is 8.67. The van der Waals surface area contributed by atoms with Crippen molar-refractivity contribution in [3.63, 3.8) is 0 Å². The topological polar surface area (TPSA) is 47.3 Å². The molecule has 1 aromatic carbocycles. The Morgan fingerprint density at radius 2 is 2.22 bits per heavy atom. The lowest BCUT2D eigenvalue weighted by Crippen LogP contribution is -2.42. The molecule has 2 rings (SSSR count). The highest BCUT2D eigenvalue weighted by Crippen LogP contribution is 2.31. The number of aliphatic hydroxyl groups is 1. The fraction of sp³-hybridized carbons (Fsp3) is 0.533. The van der Waals surface area contributed by atoms with Crippen LogP contribution >= 0.6 is 0 Å². The molecule has 0 bridgehead atoms. The molecule has 96 valence electrons. The summed E-state index contributed by atoms with van der Waals surface area (Å²) in [5.74, 6) is 0.655. The van der Waals surface area contributed by atoms with Crippen LogP contribution in [0.15, 0.2) is 18.2 Å². The number of hydrogen-bond donors (Lipinski definition) is 1. The lowest BCUT2D eigenvalue weighted by molar-refractivity contribution is 0.282. The first-order valence-corrected chi connectivity index (χ1v) is 6.58. The van der Waals surface area contributed by atoms with Gasteiger partial charge in [-0.1, -0.05) is 13.0 Å². The number of nitriles is 1. The van der Waals surface area contributed by atoms with Crippen LogP contribution in [0.25, 0.3) is 0 Å². The summed E-state index contributed by atoms with van der Waals surface area (Å²) in [6, 6.07) is 8.38. The first kappa shape index (κ1) is 12.9. The van der Waals surface area contributed by atoms with Gasteiger partial charge in [-0.25, -0.2) is 0 Å². The van der Waals surface area contributed by atoms with Crippen LogP contribution in [0.4, 0.5) is 5.69 Å². The van der Waals surface area contributed by atoms with E-state index in [0.29, 0.717) is 17.5 Å². The maximum Gasteiger partial charge on any atom is 0.101 e. The van der Waals surface area contributed by atoms with Crippen LogP contribution in [-0.4, -0.2) is 17.7 Å². The Hall–Kier alpha value is -1.53. The Balaban J connectivity index is 2.35. The predicted octanol–water partition coefficient (Wildman–Crippen LogP) is 2.68. The Morgan fingerprint density at radius 3 is 2.89 bits per heavy atom. The van der Waals surface area contributed by atoms with Crippen LogP contribution in [-0.2, 0) is 6.61 Å². The predicted molar refractivity (Wildman–Crippen MR) is 72.3 cm³/mol. The SMILES string of the molecule is CC1CCCN(c2ccc(CO)cc2C#N)C1C. The van der Waals surface area contributed by atoms with Crippen LogP contribution < -0.4 is 4.90 Å². The molecule has 0 aliphatic carbocycles. The smallest absolute Gasteiger partial charge is 0.101 e. The van der Waals surface area contributed by atoms with Crippen LogP contribution in [0.2, 0.25) is 0 Å². The monoisotopic (exact) mass is 244 g/mol. The van der Waals surface area contributed by atoms with Crippen molar-refractivity contribution in [2.75, 3.05) is 11.4 Å². The van der Waals surface area contributed by atoms with Crippen molar-refractivity contribution in [2.24, 2.45) is 5.92 Å². The van der Waals surface area contributed by atoms with Gasteiger partial charge in [0, 0.05) is 12.6 Å². The maximum absolute atomic E-state index is 9.26. The second-order valence-electron chi connectivity index (χ2n) is 5.17. The zero-order chi connectivity index (χ0) is 13.1. The summed E-state index contributed by atoms with van der Waals surface area (Å²) in [6.45, 7) is 5.50. The van der Waals surface area contributed by atoms with E-state index in [0.717, 1.165) is 17.8 Å². The van der Waals surface area contributed by atoms with E-state index in [1.807, 2.05) is 12.1 Å². The molecule has 1 fully saturated rings. The second-order valence-corrected chi connectivity index (χ2v) is 5.17. The van der Waals surface area contributed by atoms with Gasteiger partial charge >= 0.3 is 0 Å². The number of piperidine rings is 1. The van der Waals surface area contributed by atoms with Gasteiger partial charge in [-0.3, -0.25) is 0 Å². The lowest BCUT2D eigenvalue weighted by atomic mass is 9.91. The molecule has 1 aliphatic heterocycles. The average Bonchev–Trinajstić information content (AvgIpc) is 2.41. The van der Waals surface area contributed by atoms with Gasteiger partial charge in [0.2, 0.25) is 0 Å². The number of rotatable bonds is 2. The minimum Gasteiger partial charge on any atom is -0.392 e. The molecule has 3 nitrogen and oxygen atoms in total. The van der Waals surface area contributed by atoms with E-state index < -0.39 is 0 Å². The van der Waals surface area contributed by atoms with Gasteiger partial charge in [-0.05, 0) is 43.4 Å². The molecular formula is C15H20N2O. The summed E-state index contributed by atoms with van der Waals surface area (Å²) >= 11 is 0. The van der Waals surface area contributed by atoms with E-state index in [2.05, 4.69) is 24.8 Å². The van der Waals surface area contributed by atoms with E-state index in [4.69, 9.17) is 5.11 Å². The van der Waals surface area contributed by atoms with Gasteiger partial charge in [0.1, 0.15) is 6.07 Å². The molecule has 2 unspecified atom stereocenters. The van der Waals surface area contributed by atoms with Crippen LogP contribution in [0.5, 0.6) is 0 Å². The van der Waals surface area contributed by atoms with E-state index in [9.17, 15) is 5.26 Å². The number of hydrogen-bond acceptors (Lipinski definition) is 3. The fourth-order valence-corrected chi connectivity index (χ4v) is 2.70. The zero-order valence-corrected chi connectivity index (χ0v) is 11.1. The summed E-state index contributed by atoms with van der Waals surface area (Å²) in [6.07, 6.45) is 2.44. The molecule has 1 saturated heterocycles. The number of aliphatic hydroxyl groups excluding tert-OH is 1. The molecule has 18 heavy (non-hydrogen) atoms. The van der Waals surface area contributed by atoms with Crippen molar-refractivity contribution in [1.82, 2.24) is 0 Å². The summed E-state index contributed by atoms with van der Waals surface area (Å²) in [7, 11) is 0. The van der Waals surface area contributed by atoms with Crippen molar-refractivity contribution in [1.29, 1.82) is 5.26 Å². The summed E-state index contributed by atoms with van der Waals surface area (Å²) in [5, 5.41) is 18.4. The van der Waals surface area contributed by atoms with Crippen LogP contribution in [0.1, 0.15) is 37.8 Å². The summed E-state index contributed by atoms with van der Waals surface area (Å²) in [4.78, 5) is 2.33. The number of anilines is 1. The number of benzene rings is 1. The largest absolute Gasteiger partial charge is 0.392 e. The third-order valence-corrected chi connectivity index (χ3v) is 4.05. The Labute approximate surface area is 109 Å². The molecule has 0 radical (unpaired) electrons. The average molecular weight is 244 g/mol. The van der Waals surface area contributed by atoms with E-state index >= 15 is 0 Å². The molecule has 1 aliphatic rings. The Bertz CT molecular complexity index is 464. The molecule has 1 N–H and O–H groups in total. The first-order valence-electron chi connectivity index (χ1n) is 6.58. The van der Waals surface area contributed by atoms with Gasteiger partial charge in [-0.15, -0.1) is 0 Å². The molecule has 0 saturated carbocycles. The fourth-order valence-electron chi connectivity index (χ4n) is 2.70. The van der Waals surface area contributed by atoms with Crippen LogP contribution in [0, 0.1) is 17.2 Å². The molecule has 3 heteroatoms. The van der Waals surface area contributed by atoms with Crippen molar-refractivity contribution in [2.45, 2.75) is 39.3 Å². The Morgan fingerprint density at radius 1 is 1.44 bits per heavy atom.